The smallest absolute Gasteiger partial charge is 0.214 e. The largest absolute Gasteiger partial charge is 0.342 e. The predicted octanol–water partition coefficient (Wildman–Crippen LogP) is 2.30. The third-order valence-corrected chi connectivity index (χ3v) is 2.00. The predicted molar refractivity (Wildman–Crippen MR) is 49.1 cm³/mol. The van der Waals surface area contributed by atoms with Gasteiger partial charge in [-0.25, -0.2) is 0 Å². The number of rotatable bonds is 2. The molecule has 0 radical (unpaired) electrons. The Morgan fingerprint density at radius 3 is 2.85 bits per heavy atom. The van der Waals surface area contributed by atoms with Crippen LogP contribution in [0.5, 0.6) is 0 Å². The van der Waals surface area contributed by atoms with Crippen molar-refractivity contribution in [3.05, 3.63) is 36.2 Å². The van der Waals surface area contributed by atoms with Gasteiger partial charge in [-0.15, -0.1) is 0 Å². The highest BCUT2D eigenvalue weighted by molar-refractivity contribution is 5.59. The molecule has 1 heterocycles. The van der Waals surface area contributed by atoms with Crippen LogP contribution in [0.25, 0.3) is 11.4 Å². The third kappa shape index (κ3) is 1.45. The third-order valence-electron chi connectivity index (χ3n) is 2.00. The van der Waals surface area contributed by atoms with Crippen LogP contribution in [-0.2, 0) is 6.42 Å². The Bertz CT molecular complexity index is 382. The van der Waals surface area contributed by atoms with E-state index >= 15 is 0 Å². The van der Waals surface area contributed by atoms with Gasteiger partial charge in [-0.05, 0) is 12.0 Å². The molecule has 1 aromatic carbocycles. The summed E-state index contributed by atoms with van der Waals surface area (Å²) in [4.78, 5) is 4.02. The topological polar surface area (TPSA) is 38.9 Å². The quantitative estimate of drug-likeness (QED) is 0.701. The molecule has 2 aromatic rings. The van der Waals surface area contributed by atoms with E-state index in [0.29, 0.717) is 5.82 Å². The number of hydrogen-bond acceptors (Lipinski definition) is 3. The van der Waals surface area contributed by atoms with E-state index in [0.717, 1.165) is 12.0 Å². The number of aryl methyl sites for hydroxylation is 1. The summed E-state index contributed by atoms with van der Waals surface area (Å²) in [5.41, 5.74) is 2.29. The average Bonchev–Trinajstić information content (AvgIpc) is 2.70. The minimum Gasteiger partial charge on any atom is -0.342 e. The van der Waals surface area contributed by atoms with Crippen molar-refractivity contribution in [2.45, 2.75) is 13.3 Å². The molecule has 0 unspecified atom stereocenters. The minimum atomic E-state index is 0.664. The number of aromatic nitrogens is 2. The standard InChI is InChI=1S/C10H10N2O/c1-2-8-5-3-4-6-9(8)10-11-7-13-12-10/h3-7H,2H2,1H3. The van der Waals surface area contributed by atoms with Crippen LogP contribution < -0.4 is 0 Å². The maximum atomic E-state index is 4.71. The summed E-state index contributed by atoms with van der Waals surface area (Å²) in [7, 11) is 0. The Hall–Kier alpha value is -1.64. The summed E-state index contributed by atoms with van der Waals surface area (Å²) >= 11 is 0. The molecule has 1 aromatic heterocycles. The van der Waals surface area contributed by atoms with Crippen molar-refractivity contribution < 1.29 is 4.52 Å². The van der Waals surface area contributed by atoms with E-state index in [4.69, 9.17) is 4.52 Å². The van der Waals surface area contributed by atoms with Gasteiger partial charge in [0.05, 0.1) is 0 Å². The number of nitrogens with zero attached hydrogens (tertiary/aromatic N) is 2. The minimum absolute atomic E-state index is 0.664. The zero-order valence-electron chi connectivity index (χ0n) is 7.40. The first-order valence-corrected chi connectivity index (χ1v) is 4.26. The molecular formula is C10H10N2O. The summed E-state index contributed by atoms with van der Waals surface area (Å²) in [6.07, 6.45) is 2.33. The highest BCUT2D eigenvalue weighted by Gasteiger charge is 2.06. The van der Waals surface area contributed by atoms with Gasteiger partial charge in [0.25, 0.3) is 0 Å². The second-order valence-corrected chi connectivity index (χ2v) is 2.77. The van der Waals surface area contributed by atoms with Crippen molar-refractivity contribution in [3.63, 3.8) is 0 Å². The number of benzene rings is 1. The Kier molecular flexibility index (Phi) is 2.08. The first-order valence-electron chi connectivity index (χ1n) is 4.26. The molecule has 3 nitrogen and oxygen atoms in total. The summed E-state index contributed by atoms with van der Waals surface area (Å²) in [6.45, 7) is 2.11. The average molecular weight is 174 g/mol. The van der Waals surface area contributed by atoms with Gasteiger partial charge < -0.3 is 4.52 Å². The van der Waals surface area contributed by atoms with Gasteiger partial charge >= 0.3 is 0 Å². The normalized spacial score (nSPS) is 10.2. The second-order valence-electron chi connectivity index (χ2n) is 2.77. The van der Waals surface area contributed by atoms with Crippen molar-refractivity contribution in [1.29, 1.82) is 0 Å². The Morgan fingerprint density at radius 2 is 2.15 bits per heavy atom. The molecule has 66 valence electrons. The fourth-order valence-corrected chi connectivity index (χ4v) is 1.34. The van der Waals surface area contributed by atoms with E-state index < -0.39 is 0 Å². The van der Waals surface area contributed by atoms with Gasteiger partial charge in [0.2, 0.25) is 12.2 Å². The molecule has 0 amide bonds. The molecule has 0 aliphatic heterocycles. The molecule has 0 spiro atoms. The van der Waals surface area contributed by atoms with Crippen molar-refractivity contribution in [3.8, 4) is 11.4 Å². The Balaban J connectivity index is 2.51. The molecule has 0 aliphatic rings. The summed E-state index contributed by atoms with van der Waals surface area (Å²) in [5.74, 6) is 0.664. The SMILES string of the molecule is CCc1ccccc1-c1ncon1. The van der Waals surface area contributed by atoms with Crippen molar-refractivity contribution >= 4 is 0 Å². The number of hydrogen-bond donors (Lipinski definition) is 0. The first-order chi connectivity index (χ1) is 6.42. The van der Waals surface area contributed by atoms with E-state index in [1.54, 1.807) is 0 Å². The maximum absolute atomic E-state index is 4.71. The molecule has 0 bridgehead atoms. The maximum Gasteiger partial charge on any atom is 0.214 e. The van der Waals surface area contributed by atoms with Crippen LogP contribution >= 0.6 is 0 Å². The summed E-state index contributed by atoms with van der Waals surface area (Å²) < 4.78 is 4.71. The van der Waals surface area contributed by atoms with Crippen LogP contribution in [0.15, 0.2) is 35.2 Å². The van der Waals surface area contributed by atoms with E-state index in [1.807, 2.05) is 18.2 Å². The lowest BCUT2D eigenvalue weighted by Crippen LogP contribution is -1.88. The van der Waals surface area contributed by atoms with E-state index in [-0.39, 0.29) is 0 Å². The molecule has 0 fully saturated rings. The van der Waals surface area contributed by atoms with Crippen LogP contribution in [0.2, 0.25) is 0 Å². The van der Waals surface area contributed by atoms with Crippen LogP contribution in [0.3, 0.4) is 0 Å². The lowest BCUT2D eigenvalue weighted by molar-refractivity contribution is 0.418. The lowest BCUT2D eigenvalue weighted by atomic mass is 10.1. The molecule has 0 saturated heterocycles. The summed E-state index contributed by atoms with van der Waals surface area (Å²) in [6, 6.07) is 8.07. The van der Waals surface area contributed by atoms with Gasteiger partial charge in [0.1, 0.15) is 0 Å². The van der Waals surface area contributed by atoms with Gasteiger partial charge in [-0.3, -0.25) is 0 Å². The van der Waals surface area contributed by atoms with Crippen LogP contribution in [0.4, 0.5) is 0 Å². The highest BCUT2D eigenvalue weighted by atomic mass is 16.5. The van der Waals surface area contributed by atoms with Crippen molar-refractivity contribution in [2.24, 2.45) is 0 Å². The highest BCUT2D eigenvalue weighted by Crippen LogP contribution is 2.19. The molecule has 0 N–H and O–H groups in total. The van der Waals surface area contributed by atoms with E-state index in [1.165, 1.54) is 12.0 Å². The molecule has 0 atom stereocenters. The van der Waals surface area contributed by atoms with E-state index in [9.17, 15) is 0 Å². The zero-order valence-corrected chi connectivity index (χ0v) is 7.40. The van der Waals surface area contributed by atoms with Crippen molar-refractivity contribution in [2.75, 3.05) is 0 Å². The van der Waals surface area contributed by atoms with Crippen LogP contribution in [0.1, 0.15) is 12.5 Å². The molecule has 2 rings (SSSR count). The first kappa shape index (κ1) is 7.98. The zero-order chi connectivity index (χ0) is 9.10. The molecule has 0 aliphatic carbocycles. The van der Waals surface area contributed by atoms with Crippen LogP contribution in [-0.4, -0.2) is 10.1 Å². The molecule has 13 heavy (non-hydrogen) atoms. The second kappa shape index (κ2) is 3.39. The van der Waals surface area contributed by atoms with Crippen LogP contribution in [0, 0.1) is 0 Å². The van der Waals surface area contributed by atoms with Crippen molar-refractivity contribution in [1.82, 2.24) is 10.1 Å². The molecule has 0 saturated carbocycles. The van der Waals surface area contributed by atoms with Gasteiger partial charge in [-0.1, -0.05) is 36.3 Å². The molecule has 3 heteroatoms. The van der Waals surface area contributed by atoms with Gasteiger partial charge in [0, 0.05) is 5.56 Å². The Morgan fingerprint density at radius 1 is 1.31 bits per heavy atom. The fourth-order valence-electron chi connectivity index (χ4n) is 1.34. The molecular weight excluding hydrogens is 164 g/mol. The van der Waals surface area contributed by atoms with Gasteiger partial charge in [-0.2, -0.15) is 4.98 Å². The monoisotopic (exact) mass is 174 g/mol. The lowest BCUT2D eigenvalue weighted by Gasteiger charge is -2.01. The fraction of sp³-hybridized carbons (Fsp3) is 0.200. The van der Waals surface area contributed by atoms with E-state index in [2.05, 4.69) is 23.1 Å². The van der Waals surface area contributed by atoms with Gasteiger partial charge in [0.15, 0.2) is 0 Å². The Labute approximate surface area is 76.4 Å². The summed E-state index contributed by atoms with van der Waals surface area (Å²) in [5, 5.41) is 3.81.